The summed E-state index contributed by atoms with van der Waals surface area (Å²) in [5, 5.41) is 7.08. The fourth-order valence-corrected chi connectivity index (χ4v) is 4.10. The number of aromatic nitrogens is 3. The molecule has 0 spiro atoms. The summed E-state index contributed by atoms with van der Waals surface area (Å²) in [5.74, 6) is 0.233. The predicted molar refractivity (Wildman–Crippen MR) is 104 cm³/mol. The molecule has 3 heterocycles. The molecule has 0 saturated heterocycles. The van der Waals surface area contributed by atoms with Crippen LogP contribution in [0, 0.1) is 0 Å². The average molecular weight is 382 g/mol. The molecule has 0 bridgehead atoms. The lowest BCUT2D eigenvalue weighted by atomic mass is 10.2. The highest BCUT2D eigenvalue weighted by Gasteiger charge is 2.17. The van der Waals surface area contributed by atoms with E-state index in [1.54, 1.807) is 42.0 Å². The third-order valence-corrected chi connectivity index (χ3v) is 5.46. The van der Waals surface area contributed by atoms with E-state index in [9.17, 15) is 9.59 Å². The van der Waals surface area contributed by atoms with Crippen molar-refractivity contribution in [3.05, 3.63) is 68.3 Å². The molecule has 8 heteroatoms. The van der Waals surface area contributed by atoms with E-state index in [-0.39, 0.29) is 18.0 Å². The van der Waals surface area contributed by atoms with Crippen molar-refractivity contribution in [1.82, 2.24) is 19.9 Å². The summed E-state index contributed by atoms with van der Waals surface area (Å²) in [6.07, 6.45) is 0. The van der Waals surface area contributed by atoms with Gasteiger partial charge in [-0.25, -0.2) is 9.97 Å². The average Bonchev–Trinajstić information content (AvgIpc) is 3.32. The van der Waals surface area contributed by atoms with Crippen molar-refractivity contribution < 1.29 is 4.79 Å². The third-order valence-electron chi connectivity index (χ3n) is 3.89. The van der Waals surface area contributed by atoms with Gasteiger partial charge in [-0.3, -0.25) is 9.59 Å². The van der Waals surface area contributed by atoms with Gasteiger partial charge in [0.15, 0.2) is 0 Å². The number of carbonyl (C=O) groups is 1. The van der Waals surface area contributed by atoms with Crippen molar-refractivity contribution in [1.29, 1.82) is 0 Å². The maximum absolute atomic E-state index is 12.6. The summed E-state index contributed by atoms with van der Waals surface area (Å²) in [5.41, 5.74) is 1.81. The highest BCUT2D eigenvalue weighted by Crippen LogP contribution is 2.26. The van der Waals surface area contributed by atoms with Crippen LogP contribution in [-0.2, 0) is 6.54 Å². The number of H-pyrrole nitrogens is 1. The van der Waals surface area contributed by atoms with Crippen LogP contribution in [-0.4, -0.2) is 32.8 Å². The van der Waals surface area contributed by atoms with Gasteiger partial charge >= 0.3 is 0 Å². The van der Waals surface area contributed by atoms with E-state index in [0.717, 1.165) is 10.6 Å². The molecule has 1 N–H and O–H groups in total. The lowest BCUT2D eigenvalue weighted by Crippen LogP contribution is -2.28. The lowest BCUT2D eigenvalue weighted by molar-refractivity contribution is 0.0776. The van der Waals surface area contributed by atoms with Crippen LogP contribution in [0.4, 0.5) is 0 Å². The van der Waals surface area contributed by atoms with Crippen molar-refractivity contribution >= 4 is 39.5 Å². The van der Waals surface area contributed by atoms with Gasteiger partial charge in [0, 0.05) is 23.4 Å². The van der Waals surface area contributed by atoms with Crippen molar-refractivity contribution in [3.8, 4) is 10.6 Å². The summed E-state index contributed by atoms with van der Waals surface area (Å²) in [6.45, 7) is 0.199. The molecule has 1 amide bonds. The van der Waals surface area contributed by atoms with Crippen LogP contribution < -0.4 is 5.56 Å². The van der Waals surface area contributed by atoms with E-state index in [0.29, 0.717) is 22.4 Å². The number of hydrogen-bond acceptors (Lipinski definition) is 6. The van der Waals surface area contributed by atoms with Crippen molar-refractivity contribution in [2.75, 3.05) is 7.05 Å². The number of hydrogen-bond donors (Lipinski definition) is 1. The molecule has 26 heavy (non-hydrogen) atoms. The minimum atomic E-state index is -0.210. The Morgan fingerprint density at radius 2 is 2.04 bits per heavy atom. The van der Waals surface area contributed by atoms with Gasteiger partial charge in [0.2, 0.25) is 0 Å². The van der Waals surface area contributed by atoms with Crippen molar-refractivity contribution in [2.24, 2.45) is 0 Å². The fraction of sp³-hybridized carbons (Fsp3) is 0.111. The molecule has 4 aromatic rings. The van der Waals surface area contributed by atoms with E-state index in [4.69, 9.17) is 0 Å². The number of amides is 1. The number of thiophene rings is 1. The zero-order valence-electron chi connectivity index (χ0n) is 13.8. The Bertz CT molecular complexity index is 1130. The molecule has 4 rings (SSSR count). The fourth-order valence-electron chi connectivity index (χ4n) is 2.59. The first kappa shape index (κ1) is 16.6. The van der Waals surface area contributed by atoms with Gasteiger partial charge in [-0.05, 0) is 23.6 Å². The molecule has 0 aliphatic carbocycles. The number of nitrogens with zero attached hydrogens (tertiary/aromatic N) is 3. The van der Waals surface area contributed by atoms with Gasteiger partial charge in [-0.1, -0.05) is 12.1 Å². The largest absolute Gasteiger partial charge is 0.333 e. The molecular weight excluding hydrogens is 368 g/mol. The number of thiazole rings is 1. The van der Waals surface area contributed by atoms with E-state index in [2.05, 4.69) is 15.0 Å². The van der Waals surface area contributed by atoms with Crippen LogP contribution in [0.5, 0.6) is 0 Å². The molecule has 130 valence electrons. The maximum Gasteiger partial charge on any atom is 0.273 e. The first-order chi connectivity index (χ1) is 12.6. The number of carbonyl (C=O) groups excluding carboxylic acids is 1. The summed E-state index contributed by atoms with van der Waals surface area (Å²) < 4.78 is 0. The standard InChI is InChI=1S/C18H14N4O2S2/c1-22(8-15-19-13-5-3-2-4-12(13)16(23)21-15)18(24)14-10-26-17(20-14)11-6-7-25-9-11/h2-7,9-10H,8H2,1H3,(H,19,21,23). The number of aromatic amines is 1. The molecule has 0 atom stereocenters. The second-order valence-corrected chi connectivity index (χ2v) is 7.38. The van der Waals surface area contributed by atoms with Crippen LogP contribution in [0.2, 0.25) is 0 Å². The second kappa shape index (κ2) is 6.81. The van der Waals surface area contributed by atoms with Gasteiger partial charge in [-0.2, -0.15) is 11.3 Å². The number of nitrogens with one attached hydrogen (secondary N) is 1. The van der Waals surface area contributed by atoms with Gasteiger partial charge in [0.05, 0.1) is 17.4 Å². The first-order valence-electron chi connectivity index (χ1n) is 7.83. The Labute approximate surface area is 156 Å². The van der Waals surface area contributed by atoms with Crippen LogP contribution in [0.1, 0.15) is 16.3 Å². The second-order valence-electron chi connectivity index (χ2n) is 5.74. The Balaban J connectivity index is 1.55. The Hall–Kier alpha value is -2.84. The van der Waals surface area contributed by atoms with Crippen molar-refractivity contribution in [3.63, 3.8) is 0 Å². The topological polar surface area (TPSA) is 79.0 Å². The Morgan fingerprint density at radius 1 is 1.19 bits per heavy atom. The normalized spacial score (nSPS) is 11.0. The van der Waals surface area contributed by atoms with E-state index >= 15 is 0 Å². The zero-order valence-corrected chi connectivity index (χ0v) is 15.4. The third kappa shape index (κ3) is 3.16. The van der Waals surface area contributed by atoms with Gasteiger partial charge in [-0.15, -0.1) is 11.3 Å². The number of rotatable bonds is 4. The molecular formula is C18H14N4O2S2. The number of para-hydroxylation sites is 1. The highest BCUT2D eigenvalue weighted by molar-refractivity contribution is 7.14. The predicted octanol–water partition coefficient (Wildman–Crippen LogP) is 3.38. The molecule has 3 aromatic heterocycles. The van der Waals surface area contributed by atoms with Gasteiger partial charge in [0.25, 0.3) is 11.5 Å². The smallest absolute Gasteiger partial charge is 0.273 e. The van der Waals surface area contributed by atoms with Crippen LogP contribution in [0.3, 0.4) is 0 Å². The molecule has 0 unspecified atom stereocenters. The minimum Gasteiger partial charge on any atom is -0.333 e. The molecule has 6 nitrogen and oxygen atoms in total. The molecule has 0 radical (unpaired) electrons. The zero-order chi connectivity index (χ0) is 18.1. The SMILES string of the molecule is CN(Cc1nc2ccccc2c(=O)[nH]1)C(=O)c1csc(-c2ccsc2)n1. The van der Waals surface area contributed by atoms with Gasteiger partial charge < -0.3 is 9.88 Å². The summed E-state index contributed by atoms with van der Waals surface area (Å²) in [4.78, 5) is 37.9. The monoisotopic (exact) mass is 382 g/mol. The summed E-state index contributed by atoms with van der Waals surface area (Å²) in [6, 6.07) is 9.10. The first-order valence-corrected chi connectivity index (χ1v) is 9.65. The molecule has 0 aliphatic heterocycles. The summed E-state index contributed by atoms with van der Waals surface area (Å²) >= 11 is 3.03. The van der Waals surface area contributed by atoms with Crippen LogP contribution in [0.25, 0.3) is 21.5 Å². The summed E-state index contributed by atoms with van der Waals surface area (Å²) in [7, 11) is 1.67. The number of fused-ring (bicyclic) bond motifs is 1. The number of benzene rings is 1. The quantitative estimate of drug-likeness (QED) is 0.587. The lowest BCUT2D eigenvalue weighted by Gasteiger charge is -2.15. The van der Waals surface area contributed by atoms with Gasteiger partial charge in [0.1, 0.15) is 16.5 Å². The van der Waals surface area contributed by atoms with Crippen LogP contribution >= 0.6 is 22.7 Å². The Morgan fingerprint density at radius 3 is 2.85 bits per heavy atom. The van der Waals surface area contributed by atoms with Crippen LogP contribution in [0.15, 0.2) is 51.3 Å². The molecule has 0 saturated carbocycles. The minimum absolute atomic E-state index is 0.199. The van der Waals surface area contributed by atoms with E-state index in [1.165, 1.54) is 16.2 Å². The Kier molecular flexibility index (Phi) is 4.36. The highest BCUT2D eigenvalue weighted by atomic mass is 32.1. The molecule has 1 aromatic carbocycles. The van der Waals surface area contributed by atoms with E-state index < -0.39 is 0 Å². The molecule has 0 aliphatic rings. The molecule has 0 fully saturated rings. The van der Waals surface area contributed by atoms with E-state index in [1.807, 2.05) is 22.9 Å². The van der Waals surface area contributed by atoms with Crippen molar-refractivity contribution in [2.45, 2.75) is 6.54 Å². The maximum atomic E-state index is 12.6.